The maximum absolute atomic E-state index is 14.3. The number of nitrogens with zero attached hydrogens (tertiary/aromatic N) is 2. The van der Waals surface area contributed by atoms with Crippen LogP contribution >= 0.6 is 11.8 Å². The van der Waals surface area contributed by atoms with Crippen molar-refractivity contribution in [3.8, 4) is 6.07 Å². The maximum Gasteiger partial charge on any atom is 0.231 e. The zero-order chi connectivity index (χ0) is 19.2. The van der Waals surface area contributed by atoms with Crippen LogP contribution in [0.5, 0.6) is 0 Å². The second-order valence-electron chi connectivity index (χ2n) is 6.81. The van der Waals surface area contributed by atoms with Crippen molar-refractivity contribution in [2.75, 3.05) is 5.75 Å². The second kappa shape index (κ2) is 6.52. The van der Waals surface area contributed by atoms with Crippen molar-refractivity contribution >= 4 is 17.7 Å². The fourth-order valence-corrected chi connectivity index (χ4v) is 5.04. The normalized spacial score (nSPS) is 24.7. The number of rotatable bonds is 2. The van der Waals surface area contributed by atoms with E-state index in [4.69, 9.17) is 0 Å². The number of nitriles is 1. The van der Waals surface area contributed by atoms with Crippen molar-refractivity contribution in [1.29, 1.82) is 5.26 Å². The summed E-state index contributed by atoms with van der Waals surface area (Å²) in [5.74, 6) is -1.16. The van der Waals surface area contributed by atoms with Crippen molar-refractivity contribution in [3.05, 3.63) is 81.6 Å². The van der Waals surface area contributed by atoms with Gasteiger partial charge in [0.1, 0.15) is 5.82 Å². The fraction of sp³-hybridized carbons (Fsp3) is 0.238. The Bertz CT molecular complexity index is 996. The molecule has 0 aliphatic carbocycles. The van der Waals surface area contributed by atoms with Gasteiger partial charge in [-0.05, 0) is 18.6 Å². The lowest BCUT2D eigenvalue weighted by Crippen LogP contribution is -2.48. The molecule has 1 fully saturated rings. The van der Waals surface area contributed by atoms with Crippen LogP contribution in [0.4, 0.5) is 4.39 Å². The number of benzene rings is 2. The zero-order valence-corrected chi connectivity index (χ0v) is 15.5. The predicted molar refractivity (Wildman–Crippen MR) is 101 cm³/mol. The van der Waals surface area contributed by atoms with Gasteiger partial charge in [0.15, 0.2) is 5.72 Å². The molecule has 6 heteroatoms. The lowest BCUT2D eigenvalue weighted by Gasteiger charge is -2.38. The topological polar surface area (TPSA) is 64.3 Å². The molecule has 0 saturated carbocycles. The Hall–Kier alpha value is -2.62. The van der Waals surface area contributed by atoms with Crippen LogP contribution in [0.2, 0.25) is 0 Å². The van der Waals surface area contributed by atoms with Crippen LogP contribution < -0.4 is 0 Å². The average Bonchev–Trinajstić information content (AvgIpc) is 3.02. The summed E-state index contributed by atoms with van der Waals surface area (Å²) in [5, 5.41) is 21.5. The minimum atomic E-state index is -1.51. The van der Waals surface area contributed by atoms with Gasteiger partial charge in [-0.25, -0.2) is 4.39 Å². The molecule has 2 aliphatic rings. The van der Waals surface area contributed by atoms with Crippen molar-refractivity contribution in [3.63, 3.8) is 0 Å². The zero-order valence-electron chi connectivity index (χ0n) is 14.6. The van der Waals surface area contributed by atoms with Gasteiger partial charge in [0, 0.05) is 17.9 Å². The Morgan fingerprint density at radius 2 is 1.96 bits per heavy atom. The monoisotopic (exact) mass is 380 g/mol. The first-order valence-electron chi connectivity index (χ1n) is 8.60. The molecule has 2 heterocycles. The van der Waals surface area contributed by atoms with Gasteiger partial charge in [-0.15, -0.1) is 11.8 Å². The standard InChI is InChI=1S/C21H17FN2O2S/c1-13-6-8-14(9-7-13)21(26)12-27-20-17(11-23)16(10-19(25)24(20)21)15-4-2-3-5-18(15)22/h2-9,16,26H,10,12H2,1H3. The number of carbonyl (C=O) groups excluding carboxylic acids is 1. The number of aliphatic hydroxyl groups is 1. The lowest BCUT2D eigenvalue weighted by atomic mass is 9.85. The van der Waals surface area contributed by atoms with Crippen LogP contribution in [0.1, 0.15) is 29.0 Å². The van der Waals surface area contributed by atoms with E-state index in [0.29, 0.717) is 21.7 Å². The molecule has 2 aromatic rings. The van der Waals surface area contributed by atoms with Crippen molar-refractivity contribution < 1.29 is 14.3 Å². The highest BCUT2D eigenvalue weighted by atomic mass is 32.2. The Labute approximate surface area is 160 Å². The molecule has 0 aromatic heterocycles. The van der Waals surface area contributed by atoms with Gasteiger partial charge in [0.2, 0.25) is 5.91 Å². The summed E-state index contributed by atoms with van der Waals surface area (Å²) in [6, 6.07) is 15.7. The summed E-state index contributed by atoms with van der Waals surface area (Å²) in [7, 11) is 0. The molecule has 0 spiro atoms. The SMILES string of the molecule is Cc1ccc(C2(O)CSC3=C(C#N)C(c4ccccc4F)CC(=O)N32)cc1. The molecule has 2 aromatic carbocycles. The number of hydrogen-bond donors (Lipinski definition) is 1. The summed E-state index contributed by atoms with van der Waals surface area (Å²) in [4.78, 5) is 14.3. The minimum Gasteiger partial charge on any atom is -0.366 e. The molecule has 2 aliphatic heterocycles. The third-order valence-corrected chi connectivity index (χ3v) is 6.33. The molecule has 27 heavy (non-hydrogen) atoms. The first kappa shape index (κ1) is 17.8. The van der Waals surface area contributed by atoms with E-state index < -0.39 is 17.5 Å². The van der Waals surface area contributed by atoms with Crippen LogP contribution in [0, 0.1) is 24.1 Å². The number of aryl methyl sites for hydroxylation is 1. The van der Waals surface area contributed by atoms with Gasteiger partial charge >= 0.3 is 0 Å². The molecule has 136 valence electrons. The van der Waals surface area contributed by atoms with Crippen LogP contribution in [-0.2, 0) is 10.5 Å². The largest absolute Gasteiger partial charge is 0.366 e. The number of hydrogen-bond acceptors (Lipinski definition) is 4. The van der Waals surface area contributed by atoms with E-state index in [1.807, 2.05) is 19.1 Å². The van der Waals surface area contributed by atoms with E-state index in [1.54, 1.807) is 30.3 Å². The Kier molecular flexibility index (Phi) is 4.29. The van der Waals surface area contributed by atoms with Crippen LogP contribution in [0.25, 0.3) is 0 Å². The Morgan fingerprint density at radius 3 is 2.63 bits per heavy atom. The van der Waals surface area contributed by atoms with Crippen molar-refractivity contribution in [2.45, 2.75) is 25.0 Å². The van der Waals surface area contributed by atoms with Crippen molar-refractivity contribution in [1.82, 2.24) is 4.90 Å². The number of thioether (sulfide) groups is 1. The molecule has 1 N–H and O–H groups in total. The molecule has 1 saturated heterocycles. The van der Waals surface area contributed by atoms with Gasteiger partial charge in [-0.2, -0.15) is 5.26 Å². The number of carbonyl (C=O) groups is 1. The molecular formula is C21H17FN2O2S. The van der Waals surface area contributed by atoms with Crippen LogP contribution in [-0.4, -0.2) is 21.7 Å². The maximum atomic E-state index is 14.3. The molecule has 0 bridgehead atoms. The van der Waals surface area contributed by atoms with E-state index >= 15 is 0 Å². The summed E-state index contributed by atoms with van der Waals surface area (Å²) >= 11 is 1.26. The number of allylic oxidation sites excluding steroid dienone is 1. The molecular weight excluding hydrogens is 363 g/mol. The Balaban J connectivity index is 1.83. The predicted octanol–water partition coefficient (Wildman–Crippen LogP) is 3.78. The van der Waals surface area contributed by atoms with E-state index in [-0.39, 0.29) is 18.1 Å². The average molecular weight is 380 g/mol. The third-order valence-electron chi connectivity index (χ3n) is 5.11. The number of fused-ring (bicyclic) bond motifs is 1. The number of halogens is 1. The smallest absolute Gasteiger partial charge is 0.231 e. The molecule has 0 radical (unpaired) electrons. The van der Waals surface area contributed by atoms with Crippen LogP contribution in [0.15, 0.2) is 59.1 Å². The summed E-state index contributed by atoms with van der Waals surface area (Å²) in [6.07, 6.45) is -0.0535. The first-order valence-corrected chi connectivity index (χ1v) is 9.58. The molecule has 4 nitrogen and oxygen atoms in total. The van der Waals surface area contributed by atoms with Gasteiger partial charge in [-0.3, -0.25) is 9.69 Å². The molecule has 2 unspecified atom stereocenters. The van der Waals surface area contributed by atoms with E-state index in [1.165, 1.54) is 22.7 Å². The quantitative estimate of drug-likeness (QED) is 0.861. The van der Waals surface area contributed by atoms with Gasteiger partial charge in [-0.1, -0.05) is 48.0 Å². The Morgan fingerprint density at radius 1 is 1.26 bits per heavy atom. The van der Waals surface area contributed by atoms with E-state index in [0.717, 1.165) is 5.56 Å². The van der Waals surface area contributed by atoms with Crippen LogP contribution in [0.3, 0.4) is 0 Å². The lowest BCUT2D eigenvalue weighted by molar-refractivity contribution is -0.149. The third kappa shape index (κ3) is 2.75. The highest BCUT2D eigenvalue weighted by Crippen LogP contribution is 2.51. The highest BCUT2D eigenvalue weighted by Gasteiger charge is 2.52. The van der Waals surface area contributed by atoms with Crippen molar-refractivity contribution in [2.24, 2.45) is 0 Å². The van der Waals surface area contributed by atoms with E-state index in [9.17, 15) is 19.6 Å². The molecule has 2 atom stereocenters. The minimum absolute atomic E-state index is 0.0535. The summed E-state index contributed by atoms with van der Waals surface area (Å²) in [6.45, 7) is 1.95. The summed E-state index contributed by atoms with van der Waals surface area (Å²) < 4.78 is 14.3. The molecule has 4 rings (SSSR count). The highest BCUT2D eigenvalue weighted by molar-refractivity contribution is 8.03. The summed E-state index contributed by atoms with van der Waals surface area (Å²) in [5.41, 5.74) is 0.804. The number of amides is 1. The van der Waals surface area contributed by atoms with E-state index in [2.05, 4.69) is 6.07 Å². The molecule has 1 amide bonds. The fourth-order valence-electron chi connectivity index (χ4n) is 3.68. The second-order valence-corrected chi connectivity index (χ2v) is 7.77. The van der Waals surface area contributed by atoms with Gasteiger partial charge < -0.3 is 5.11 Å². The van der Waals surface area contributed by atoms with Gasteiger partial charge in [0.05, 0.1) is 22.4 Å². The van der Waals surface area contributed by atoms with Gasteiger partial charge in [0.25, 0.3) is 0 Å². The first-order chi connectivity index (χ1) is 13.0.